The van der Waals surface area contributed by atoms with Gasteiger partial charge in [-0.2, -0.15) is 0 Å². The van der Waals surface area contributed by atoms with Gasteiger partial charge in [-0.3, -0.25) is 0 Å². The second-order valence-electron chi connectivity index (χ2n) is 8.14. The van der Waals surface area contributed by atoms with Gasteiger partial charge in [-0.25, -0.2) is 0 Å². The van der Waals surface area contributed by atoms with Crippen LogP contribution in [0.1, 0.15) is 71.6 Å². The van der Waals surface area contributed by atoms with Crippen molar-refractivity contribution in [1.29, 1.82) is 0 Å². The van der Waals surface area contributed by atoms with Gasteiger partial charge in [0.1, 0.15) is 0 Å². The van der Waals surface area contributed by atoms with Crippen molar-refractivity contribution in [3.05, 3.63) is 12.7 Å². The fourth-order valence-corrected chi connectivity index (χ4v) is 3.93. The highest BCUT2D eigenvalue weighted by atomic mass is 32.1. The van der Waals surface area contributed by atoms with E-state index in [1.807, 2.05) is 6.08 Å². The van der Waals surface area contributed by atoms with Crippen LogP contribution in [0.3, 0.4) is 0 Å². The zero-order valence-electron chi connectivity index (χ0n) is 18.2. The fourth-order valence-electron chi connectivity index (χ4n) is 3.58. The molecule has 0 bridgehead atoms. The summed E-state index contributed by atoms with van der Waals surface area (Å²) >= 11 is 5.56. The Bertz CT molecular complexity index is 410. The molecule has 0 aliphatic heterocycles. The number of likely N-dealkylation sites (N-methyl/N-ethyl adjacent to an activating group) is 1. The topological polar surface area (TPSA) is 27.7 Å². The highest BCUT2D eigenvalue weighted by Gasteiger charge is 2.25. The van der Waals surface area contributed by atoms with Crippen LogP contribution in [0.25, 0.3) is 0 Å². The summed E-state index contributed by atoms with van der Waals surface area (Å²) in [5.41, 5.74) is 0. The lowest BCUT2D eigenvalue weighted by Crippen LogP contribution is -2.47. The third-order valence-electron chi connectivity index (χ3n) is 5.72. The van der Waals surface area contributed by atoms with Gasteiger partial charge in [0.05, 0.1) is 6.10 Å². The van der Waals surface area contributed by atoms with E-state index in [2.05, 4.69) is 49.6 Å². The molecule has 1 rings (SSSR count). The molecule has 5 heteroatoms. The number of unbranched alkanes of at least 4 members (excludes halogenated alkanes) is 3. The van der Waals surface area contributed by atoms with Gasteiger partial charge < -0.3 is 19.9 Å². The van der Waals surface area contributed by atoms with E-state index in [4.69, 9.17) is 17.0 Å². The van der Waals surface area contributed by atoms with Crippen LogP contribution in [0.15, 0.2) is 12.7 Å². The van der Waals surface area contributed by atoms with Crippen molar-refractivity contribution in [2.75, 3.05) is 33.8 Å². The number of ether oxygens (including phenoxy) is 1. The van der Waals surface area contributed by atoms with Gasteiger partial charge in [-0.05, 0) is 77.7 Å². The van der Waals surface area contributed by atoms with E-state index < -0.39 is 0 Å². The predicted octanol–water partition coefficient (Wildman–Crippen LogP) is 4.60. The average molecular weight is 398 g/mol. The molecule has 0 spiro atoms. The lowest BCUT2D eigenvalue weighted by molar-refractivity contribution is 0.0146. The summed E-state index contributed by atoms with van der Waals surface area (Å²) in [5, 5.41) is 4.32. The van der Waals surface area contributed by atoms with Crippen molar-refractivity contribution >= 4 is 17.3 Å². The molecule has 1 N–H and O–H groups in total. The van der Waals surface area contributed by atoms with Gasteiger partial charge in [0.25, 0.3) is 0 Å². The summed E-state index contributed by atoms with van der Waals surface area (Å²) in [7, 11) is 4.29. The first-order valence-corrected chi connectivity index (χ1v) is 11.3. The molecule has 0 radical (unpaired) electrons. The molecule has 1 unspecified atom stereocenters. The van der Waals surface area contributed by atoms with Crippen molar-refractivity contribution in [2.24, 2.45) is 0 Å². The Morgan fingerprint density at radius 2 is 1.85 bits per heavy atom. The first kappa shape index (κ1) is 24.4. The van der Waals surface area contributed by atoms with Crippen molar-refractivity contribution in [2.45, 2.75) is 89.8 Å². The molecule has 0 aromatic rings. The zero-order chi connectivity index (χ0) is 20.1. The summed E-state index contributed by atoms with van der Waals surface area (Å²) in [4.78, 5) is 4.59. The Balaban J connectivity index is 2.07. The number of nitrogens with zero attached hydrogens (tertiary/aromatic N) is 2. The van der Waals surface area contributed by atoms with Crippen LogP contribution in [-0.4, -0.2) is 66.9 Å². The Morgan fingerprint density at radius 3 is 2.48 bits per heavy atom. The van der Waals surface area contributed by atoms with Crippen molar-refractivity contribution < 1.29 is 4.74 Å². The maximum atomic E-state index is 6.13. The van der Waals surface area contributed by atoms with Gasteiger partial charge in [-0.1, -0.05) is 25.8 Å². The van der Waals surface area contributed by atoms with Gasteiger partial charge in [0, 0.05) is 32.3 Å². The van der Waals surface area contributed by atoms with Crippen LogP contribution in [0.5, 0.6) is 0 Å². The van der Waals surface area contributed by atoms with Gasteiger partial charge in [0.2, 0.25) is 0 Å². The van der Waals surface area contributed by atoms with E-state index in [1.165, 1.54) is 38.5 Å². The summed E-state index contributed by atoms with van der Waals surface area (Å²) in [5.74, 6) is 0. The molecule has 1 saturated carbocycles. The van der Waals surface area contributed by atoms with E-state index in [0.29, 0.717) is 18.2 Å². The summed E-state index contributed by atoms with van der Waals surface area (Å²) in [6.07, 6.45) is 13.2. The minimum Gasteiger partial charge on any atom is -0.378 e. The number of nitrogens with one attached hydrogen (secondary N) is 1. The lowest BCUT2D eigenvalue weighted by Gasteiger charge is -2.36. The molecular weight excluding hydrogens is 354 g/mol. The Hall–Kier alpha value is -0.650. The minimum atomic E-state index is 0.446. The SMILES string of the molecule is C=CCN(C)CCCCCCO[C@H]1CC[C@H](N(C)C(=S)NC(C)CC)CC1. The van der Waals surface area contributed by atoms with Crippen LogP contribution in [0, 0.1) is 0 Å². The number of thiocarbonyl (C=S) groups is 1. The highest BCUT2D eigenvalue weighted by molar-refractivity contribution is 7.80. The molecule has 0 aromatic heterocycles. The molecule has 158 valence electrons. The number of hydrogen-bond acceptors (Lipinski definition) is 3. The maximum Gasteiger partial charge on any atom is 0.169 e. The standard InChI is InChI=1S/C22H43N3OS/c1-6-16-24(4)17-10-8-9-11-18-26-21-14-12-20(13-15-21)25(5)22(27)23-19(3)7-2/h6,19-21H,1,7-18H2,2-5H3,(H,23,27)/t19?,20-,21-. The van der Waals surface area contributed by atoms with Crippen molar-refractivity contribution in [3.8, 4) is 0 Å². The summed E-state index contributed by atoms with van der Waals surface area (Å²) in [6, 6.07) is 1.00. The summed E-state index contributed by atoms with van der Waals surface area (Å²) in [6.45, 7) is 11.2. The monoisotopic (exact) mass is 397 g/mol. The molecule has 1 aliphatic rings. The molecule has 1 aliphatic carbocycles. The van der Waals surface area contributed by atoms with E-state index in [0.717, 1.165) is 44.1 Å². The van der Waals surface area contributed by atoms with E-state index >= 15 is 0 Å². The zero-order valence-corrected chi connectivity index (χ0v) is 19.0. The Labute approximate surface area is 173 Å². The average Bonchev–Trinajstić information content (AvgIpc) is 2.67. The molecule has 0 saturated heterocycles. The molecule has 4 nitrogen and oxygen atoms in total. The van der Waals surface area contributed by atoms with E-state index in [9.17, 15) is 0 Å². The van der Waals surface area contributed by atoms with E-state index in [1.54, 1.807) is 0 Å². The predicted molar refractivity (Wildman–Crippen MR) is 121 cm³/mol. The molecular formula is C22H43N3OS. The normalized spacial score (nSPS) is 21.1. The third-order valence-corrected chi connectivity index (χ3v) is 6.13. The smallest absolute Gasteiger partial charge is 0.169 e. The molecule has 0 amide bonds. The quantitative estimate of drug-likeness (QED) is 0.279. The van der Waals surface area contributed by atoms with Crippen LogP contribution in [-0.2, 0) is 4.74 Å². The number of rotatable bonds is 13. The molecule has 1 fully saturated rings. The lowest BCUT2D eigenvalue weighted by atomic mass is 9.92. The largest absolute Gasteiger partial charge is 0.378 e. The second-order valence-corrected chi connectivity index (χ2v) is 8.52. The fraction of sp³-hybridized carbons (Fsp3) is 0.864. The van der Waals surface area contributed by atoms with Gasteiger partial charge in [0.15, 0.2) is 5.11 Å². The van der Waals surface area contributed by atoms with Crippen molar-refractivity contribution in [1.82, 2.24) is 15.1 Å². The Morgan fingerprint density at radius 1 is 1.19 bits per heavy atom. The molecule has 1 atom stereocenters. The second kappa shape index (κ2) is 14.4. The number of hydrogen-bond donors (Lipinski definition) is 1. The minimum absolute atomic E-state index is 0.446. The van der Waals surface area contributed by atoms with Gasteiger partial charge >= 0.3 is 0 Å². The first-order chi connectivity index (χ1) is 13.0. The first-order valence-electron chi connectivity index (χ1n) is 10.9. The van der Waals surface area contributed by atoms with Gasteiger partial charge in [-0.15, -0.1) is 6.58 Å². The molecule has 0 heterocycles. The maximum absolute atomic E-state index is 6.13. The van der Waals surface area contributed by atoms with E-state index in [-0.39, 0.29) is 0 Å². The van der Waals surface area contributed by atoms with Crippen LogP contribution in [0.2, 0.25) is 0 Å². The third kappa shape index (κ3) is 10.5. The highest BCUT2D eigenvalue weighted by Crippen LogP contribution is 2.25. The van der Waals surface area contributed by atoms with Crippen LogP contribution >= 0.6 is 12.2 Å². The Kier molecular flexibility index (Phi) is 13.0. The molecule has 27 heavy (non-hydrogen) atoms. The summed E-state index contributed by atoms with van der Waals surface area (Å²) < 4.78 is 6.13. The molecule has 0 aromatic carbocycles. The van der Waals surface area contributed by atoms with Crippen LogP contribution < -0.4 is 5.32 Å². The van der Waals surface area contributed by atoms with Crippen molar-refractivity contribution in [3.63, 3.8) is 0 Å². The van der Waals surface area contributed by atoms with Crippen LogP contribution in [0.4, 0.5) is 0 Å².